The van der Waals surface area contributed by atoms with Crippen molar-refractivity contribution in [1.29, 1.82) is 0 Å². The molecule has 0 spiro atoms. The lowest BCUT2D eigenvalue weighted by Crippen LogP contribution is -2.53. The van der Waals surface area contributed by atoms with Gasteiger partial charge in [-0.1, -0.05) is 191 Å². The molecular formula is C68H44B2. The summed E-state index contributed by atoms with van der Waals surface area (Å²) >= 11 is 0. The normalized spacial score (nSPS) is 13.1. The van der Waals surface area contributed by atoms with E-state index in [1.165, 1.54) is 176 Å². The second kappa shape index (κ2) is 13.7. The molecule has 0 bridgehead atoms. The van der Waals surface area contributed by atoms with Gasteiger partial charge in [-0.2, -0.15) is 0 Å². The van der Waals surface area contributed by atoms with Crippen molar-refractivity contribution >= 4 is 78.5 Å². The second-order valence-electron chi connectivity index (χ2n) is 20.7. The van der Waals surface area contributed by atoms with Crippen molar-refractivity contribution < 1.29 is 0 Å². The Hall–Kier alpha value is -8.19. The first kappa shape index (κ1) is 38.7. The van der Waals surface area contributed by atoms with Crippen LogP contribution >= 0.6 is 0 Å². The predicted molar refractivity (Wildman–Crippen MR) is 302 cm³/mol. The van der Waals surface area contributed by atoms with Gasteiger partial charge in [0.05, 0.1) is 0 Å². The molecule has 0 fully saturated rings. The minimum absolute atomic E-state index is 0.104. The fraction of sp³-hybridized carbons (Fsp3) is 0.0588. The Balaban J connectivity index is 1.16. The maximum atomic E-state index is 2.68. The number of rotatable bonds is 4. The molecule has 12 aromatic carbocycles. The van der Waals surface area contributed by atoms with Crippen LogP contribution in [0.3, 0.4) is 0 Å². The van der Waals surface area contributed by atoms with Gasteiger partial charge in [0.2, 0.25) is 13.4 Å². The van der Waals surface area contributed by atoms with Crippen LogP contribution in [0.2, 0.25) is 0 Å². The molecule has 2 heteroatoms. The molecule has 0 aromatic heterocycles. The van der Waals surface area contributed by atoms with E-state index in [4.69, 9.17) is 0 Å². The maximum Gasteiger partial charge on any atom is 0.244 e. The van der Waals surface area contributed by atoms with E-state index in [9.17, 15) is 0 Å². The molecule has 0 nitrogen and oxygen atoms in total. The molecule has 0 aliphatic carbocycles. The van der Waals surface area contributed by atoms with Gasteiger partial charge in [-0.05, 0) is 208 Å². The molecule has 4 heterocycles. The molecule has 0 unspecified atom stereocenters. The first-order valence-electron chi connectivity index (χ1n) is 25.1. The van der Waals surface area contributed by atoms with Crippen LogP contribution in [0.4, 0.5) is 0 Å². The van der Waals surface area contributed by atoms with E-state index in [1.807, 2.05) is 0 Å². The SMILES string of the molecule is Cc1cccc(C)c1-c1cc2c3c(cc4c(-c5c(C)cccc5C)cc5c6c(cc1c3c46)B1c3ccccc3-c3cc(-c4ccccc4)cc-5c31)B1c3ccccc3-c3cc(-c4ccccc4)cc-2c31. The average molecular weight is 883 g/mol. The van der Waals surface area contributed by atoms with E-state index in [1.54, 1.807) is 0 Å². The Morgan fingerprint density at radius 2 is 0.600 bits per heavy atom. The molecule has 4 aliphatic heterocycles. The summed E-state index contributed by atoms with van der Waals surface area (Å²) in [6.45, 7) is 9.48. The van der Waals surface area contributed by atoms with E-state index >= 15 is 0 Å². The Morgan fingerprint density at radius 1 is 0.243 bits per heavy atom. The molecule has 16 rings (SSSR count). The van der Waals surface area contributed by atoms with Crippen molar-refractivity contribution in [2.24, 2.45) is 0 Å². The molecule has 0 atom stereocenters. The Labute approximate surface area is 409 Å². The van der Waals surface area contributed by atoms with Crippen LogP contribution in [-0.2, 0) is 0 Å². The predicted octanol–water partition coefficient (Wildman–Crippen LogP) is 13.4. The van der Waals surface area contributed by atoms with Gasteiger partial charge in [0.1, 0.15) is 0 Å². The molecule has 4 aliphatic rings. The lowest BCUT2D eigenvalue weighted by atomic mass is 9.34. The lowest BCUT2D eigenvalue weighted by molar-refractivity contribution is 1.38. The van der Waals surface area contributed by atoms with E-state index < -0.39 is 0 Å². The monoisotopic (exact) mass is 882 g/mol. The van der Waals surface area contributed by atoms with E-state index in [2.05, 4.69) is 222 Å². The summed E-state index contributed by atoms with van der Waals surface area (Å²) in [4.78, 5) is 0. The Morgan fingerprint density at radius 3 is 1.00 bits per heavy atom. The zero-order valence-electron chi connectivity index (χ0n) is 39.6. The minimum Gasteiger partial charge on any atom is -0.0664 e. The minimum atomic E-state index is 0.104. The molecule has 0 saturated carbocycles. The van der Waals surface area contributed by atoms with Crippen molar-refractivity contribution in [2.45, 2.75) is 27.7 Å². The molecule has 0 N–H and O–H groups in total. The standard InChI is InChI=1S/C68H44B2/c1-37-17-15-18-38(2)61(37)47-33-49-55-31-43(41-21-7-5-8-22-41)29-53-45-25-12-14-28-58(45)70(67(53)55)60-36-52-48(62-39(3)19-16-20-40(62)4)34-50-56-32-44(42-23-9-6-10-24-42)30-54-46-26-11-13-27-57(46)69(68(54)56)59-35-51(47)65(63(49)60)66(52)64(50)59/h5-36H,1-4H3. The third kappa shape index (κ3) is 4.88. The Kier molecular flexibility index (Phi) is 7.61. The van der Waals surface area contributed by atoms with Crippen LogP contribution in [0.25, 0.3) is 121 Å². The Bertz CT molecular complexity index is 4010. The highest BCUT2D eigenvalue weighted by molar-refractivity contribution is 7.03. The summed E-state index contributed by atoms with van der Waals surface area (Å²) in [6.07, 6.45) is 0. The van der Waals surface area contributed by atoms with Gasteiger partial charge >= 0.3 is 0 Å². The zero-order valence-corrected chi connectivity index (χ0v) is 39.6. The smallest absolute Gasteiger partial charge is 0.0664 e. The molecule has 70 heavy (non-hydrogen) atoms. The highest BCUT2D eigenvalue weighted by Gasteiger charge is 2.45. The van der Waals surface area contributed by atoms with E-state index in [0.717, 1.165) is 0 Å². The van der Waals surface area contributed by atoms with Gasteiger partial charge < -0.3 is 0 Å². The number of benzene rings is 12. The highest BCUT2D eigenvalue weighted by atomic mass is 14.4. The fourth-order valence-electron chi connectivity index (χ4n) is 14.4. The van der Waals surface area contributed by atoms with Gasteiger partial charge in [-0.15, -0.1) is 0 Å². The number of hydrogen-bond acceptors (Lipinski definition) is 0. The molecule has 12 aromatic rings. The highest BCUT2D eigenvalue weighted by Crippen LogP contribution is 2.53. The summed E-state index contributed by atoms with van der Waals surface area (Å²) in [5.74, 6) is 0. The first-order valence-corrected chi connectivity index (χ1v) is 25.1. The number of fused-ring (bicyclic) bond motifs is 10. The lowest BCUT2D eigenvalue weighted by Gasteiger charge is -2.33. The molecule has 0 radical (unpaired) electrons. The summed E-state index contributed by atoms with van der Waals surface area (Å²) in [6, 6.07) is 75.1. The summed E-state index contributed by atoms with van der Waals surface area (Å²) in [7, 11) is 0. The second-order valence-corrected chi connectivity index (χ2v) is 20.7. The van der Waals surface area contributed by atoms with Gasteiger partial charge in [0, 0.05) is 0 Å². The topological polar surface area (TPSA) is 0 Å². The molecule has 0 saturated heterocycles. The third-order valence-corrected chi connectivity index (χ3v) is 17.1. The zero-order chi connectivity index (χ0) is 46.3. The van der Waals surface area contributed by atoms with Gasteiger partial charge in [-0.25, -0.2) is 0 Å². The van der Waals surface area contributed by atoms with E-state index in [0.29, 0.717) is 0 Å². The van der Waals surface area contributed by atoms with E-state index in [-0.39, 0.29) is 13.4 Å². The number of hydrogen-bond donors (Lipinski definition) is 0. The van der Waals surface area contributed by atoms with Crippen LogP contribution < -0.4 is 32.8 Å². The summed E-state index contributed by atoms with van der Waals surface area (Å²) < 4.78 is 0. The van der Waals surface area contributed by atoms with Crippen molar-refractivity contribution in [3.05, 3.63) is 216 Å². The van der Waals surface area contributed by atoms with Crippen LogP contribution in [0, 0.1) is 27.7 Å². The average Bonchev–Trinajstić information content (AvgIpc) is 3.93. The van der Waals surface area contributed by atoms with Gasteiger partial charge in [0.15, 0.2) is 0 Å². The molecular weight excluding hydrogens is 838 g/mol. The van der Waals surface area contributed by atoms with Crippen molar-refractivity contribution in [3.63, 3.8) is 0 Å². The van der Waals surface area contributed by atoms with Crippen LogP contribution in [0.5, 0.6) is 0 Å². The van der Waals surface area contributed by atoms with Crippen LogP contribution in [0.1, 0.15) is 22.3 Å². The van der Waals surface area contributed by atoms with Gasteiger partial charge in [0.25, 0.3) is 0 Å². The van der Waals surface area contributed by atoms with Crippen molar-refractivity contribution in [2.75, 3.05) is 0 Å². The summed E-state index contributed by atoms with van der Waals surface area (Å²) in [5, 5.41) is 8.36. The quantitative estimate of drug-likeness (QED) is 0.122. The largest absolute Gasteiger partial charge is 0.244 e. The fourth-order valence-corrected chi connectivity index (χ4v) is 14.4. The van der Waals surface area contributed by atoms with Crippen LogP contribution in [0.15, 0.2) is 194 Å². The number of aryl methyl sites for hydroxylation is 4. The summed E-state index contributed by atoms with van der Waals surface area (Å²) in [5.41, 5.74) is 35.1. The van der Waals surface area contributed by atoms with Gasteiger partial charge in [-0.3, -0.25) is 0 Å². The maximum absolute atomic E-state index is 2.68. The first-order chi connectivity index (χ1) is 34.4. The van der Waals surface area contributed by atoms with Crippen LogP contribution in [-0.4, -0.2) is 13.4 Å². The van der Waals surface area contributed by atoms with Crippen molar-refractivity contribution in [3.8, 4) is 89.0 Å². The third-order valence-electron chi connectivity index (χ3n) is 17.1. The van der Waals surface area contributed by atoms with Crippen molar-refractivity contribution in [1.82, 2.24) is 0 Å². The molecule has 322 valence electrons. The molecule has 0 amide bonds.